The summed E-state index contributed by atoms with van der Waals surface area (Å²) in [5.41, 5.74) is 2.34. The van der Waals surface area contributed by atoms with E-state index >= 15 is 0 Å². The van der Waals surface area contributed by atoms with Crippen molar-refractivity contribution in [1.82, 2.24) is 0 Å². The lowest BCUT2D eigenvalue weighted by Gasteiger charge is -2.18. The second-order valence-electron chi connectivity index (χ2n) is 4.16. The zero-order valence-corrected chi connectivity index (χ0v) is 10.3. The van der Waals surface area contributed by atoms with Gasteiger partial charge >= 0.3 is 0 Å². The predicted octanol–water partition coefficient (Wildman–Crippen LogP) is 3.83. The van der Waals surface area contributed by atoms with Crippen molar-refractivity contribution in [3.05, 3.63) is 40.4 Å². The molecule has 1 aliphatic rings. The maximum atomic E-state index is 11.4. The fourth-order valence-electron chi connectivity index (χ4n) is 1.97. The van der Waals surface area contributed by atoms with Crippen LogP contribution in [0.5, 0.6) is 0 Å². The summed E-state index contributed by atoms with van der Waals surface area (Å²) in [6.07, 6.45) is 3.50. The fraction of sp³-hybridized carbons (Fsp3) is 0.308. The van der Waals surface area contributed by atoms with Gasteiger partial charge in [0.05, 0.1) is 0 Å². The highest BCUT2D eigenvalue weighted by atomic mass is 79.9. The van der Waals surface area contributed by atoms with Gasteiger partial charge in [-0.15, -0.1) is 0 Å². The monoisotopic (exact) mass is 264 g/mol. The molecule has 1 aromatic carbocycles. The van der Waals surface area contributed by atoms with Crippen LogP contribution in [-0.4, -0.2) is 5.78 Å². The standard InChI is InChI=1S/C13H13BrO/c1-9-6-11(8-13(15)7-9)10-2-4-12(14)5-3-10/h2-5,8-9H,6-7H2,1H3. The summed E-state index contributed by atoms with van der Waals surface area (Å²) in [5, 5.41) is 0. The van der Waals surface area contributed by atoms with E-state index in [2.05, 4.69) is 35.0 Å². The first-order valence-corrected chi connectivity index (χ1v) is 5.94. The lowest BCUT2D eigenvalue weighted by molar-refractivity contribution is -0.115. The van der Waals surface area contributed by atoms with Crippen molar-refractivity contribution in [1.29, 1.82) is 0 Å². The average molecular weight is 265 g/mol. The number of allylic oxidation sites excluding steroid dienone is 2. The second kappa shape index (κ2) is 4.31. The van der Waals surface area contributed by atoms with Crippen LogP contribution in [0.25, 0.3) is 5.57 Å². The molecule has 0 heterocycles. The van der Waals surface area contributed by atoms with E-state index in [0.29, 0.717) is 12.3 Å². The molecule has 0 fully saturated rings. The molecule has 15 heavy (non-hydrogen) atoms. The minimum Gasteiger partial charge on any atom is -0.295 e. The van der Waals surface area contributed by atoms with Gasteiger partial charge in [-0.2, -0.15) is 0 Å². The van der Waals surface area contributed by atoms with Crippen LogP contribution in [0.2, 0.25) is 0 Å². The molecule has 2 rings (SSSR count). The van der Waals surface area contributed by atoms with Crippen LogP contribution >= 0.6 is 15.9 Å². The van der Waals surface area contributed by atoms with Gasteiger partial charge in [-0.1, -0.05) is 35.0 Å². The van der Waals surface area contributed by atoms with Crippen LogP contribution < -0.4 is 0 Å². The van der Waals surface area contributed by atoms with Gasteiger partial charge in [-0.05, 0) is 41.7 Å². The van der Waals surface area contributed by atoms with Crippen LogP contribution in [0, 0.1) is 5.92 Å². The highest BCUT2D eigenvalue weighted by Gasteiger charge is 2.17. The van der Waals surface area contributed by atoms with Gasteiger partial charge in [0.25, 0.3) is 0 Å². The van der Waals surface area contributed by atoms with Crippen LogP contribution in [-0.2, 0) is 4.79 Å². The average Bonchev–Trinajstić information content (AvgIpc) is 2.17. The van der Waals surface area contributed by atoms with Gasteiger partial charge in [0.15, 0.2) is 5.78 Å². The van der Waals surface area contributed by atoms with Crippen molar-refractivity contribution >= 4 is 27.3 Å². The minimum atomic E-state index is 0.256. The number of carbonyl (C=O) groups excluding carboxylic acids is 1. The first kappa shape index (κ1) is 10.6. The molecule has 0 aromatic heterocycles. The lowest BCUT2D eigenvalue weighted by atomic mass is 9.86. The van der Waals surface area contributed by atoms with E-state index in [9.17, 15) is 4.79 Å². The largest absolute Gasteiger partial charge is 0.295 e. The van der Waals surface area contributed by atoms with Gasteiger partial charge in [-0.3, -0.25) is 4.79 Å². The Labute approximate surface area is 98.3 Å². The van der Waals surface area contributed by atoms with Gasteiger partial charge < -0.3 is 0 Å². The highest BCUT2D eigenvalue weighted by Crippen LogP contribution is 2.29. The summed E-state index contributed by atoms with van der Waals surface area (Å²) in [4.78, 5) is 11.4. The topological polar surface area (TPSA) is 17.1 Å². The maximum absolute atomic E-state index is 11.4. The molecule has 1 unspecified atom stereocenters. The summed E-state index contributed by atoms with van der Waals surface area (Å²) in [7, 11) is 0. The Hall–Kier alpha value is -0.890. The van der Waals surface area contributed by atoms with E-state index < -0.39 is 0 Å². The minimum absolute atomic E-state index is 0.256. The Morgan fingerprint density at radius 3 is 2.47 bits per heavy atom. The molecule has 1 aliphatic carbocycles. The Bertz CT molecular complexity index is 403. The summed E-state index contributed by atoms with van der Waals surface area (Å²) in [5.74, 6) is 0.729. The smallest absolute Gasteiger partial charge is 0.156 e. The predicted molar refractivity (Wildman–Crippen MR) is 65.5 cm³/mol. The Balaban J connectivity index is 2.30. The summed E-state index contributed by atoms with van der Waals surface area (Å²) >= 11 is 3.41. The van der Waals surface area contributed by atoms with E-state index in [1.807, 2.05) is 12.1 Å². The van der Waals surface area contributed by atoms with Gasteiger partial charge in [-0.25, -0.2) is 0 Å². The Morgan fingerprint density at radius 1 is 1.20 bits per heavy atom. The SMILES string of the molecule is CC1CC(=O)C=C(c2ccc(Br)cc2)C1. The van der Waals surface area contributed by atoms with Crippen LogP contribution in [0.4, 0.5) is 0 Å². The number of halogens is 1. The first-order chi connectivity index (χ1) is 7.15. The van der Waals surface area contributed by atoms with Crippen molar-refractivity contribution in [2.75, 3.05) is 0 Å². The third-order valence-electron chi connectivity index (χ3n) is 2.67. The zero-order chi connectivity index (χ0) is 10.8. The van der Waals surface area contributed by atoms with Gasteiger partial charge in [0, 0.05) is 10.9 Å². The Kier molecular flexibility index (Phi) is 3.06. The number of hydrogen-bond acceptors (Lipinski definition) is 1. The van der Waals surface area contributed by atoms with E-state index in [-0.39, 0.29) is 5.78 Å². The third-order valence-corrected chi connectivity index (χ3v) is 3.20. The quantitative estimate of drug-likeness (QED) is 0.754. The van der Waals surface area contributed by atoms with Crippen molar-refractivity contribution in [3.8, 4) is 0 Å². The molecule has 1 nitrogen and oxygen atoms in total. The molecule has 0 amide bonds. The number of hydrogen-bond donors (Lipinski definition) is 0. The third kappa shape index (κ3) is 2.57. The van der Waals surface area contributed by atoms with E-state index in [1.165, 1.54) is 5.57 Å². The summed E-state index contributed by atoms with van der Waals surface area (Å²) in [6, 6.07) is 8.14. The van der Waals surface area contributed by atoms with Crippen LogP contribution in [0.3, 0.4) is 0 Å². The molecule has 1 aromatic rings. The molecule has 78 valence electrons. The number of carbonyl (C=O) groups is 1. The molecule has 1 atom stereocenters. The molecule has 0 saturated heterocycles. The number of ketones is 1. The van der Waals surface area contributed by atoms with E-state index in [4.69, 9.17) is 0 Å². The molecular weight excluding hydrogens is 252 g/mol. The van der Waals surface area contributed by atoms with Crippen LogP contribution in [0.1, 0.15) is 25.3 Å². The second-order valence-corrected chi connectivity index (χ2v) is 5.07. The van der Waals surface area contributed by atoms with E-state index in [0.717, 1.165) is 16.5 Å². The highest BCUT2D eigenvalue weighted by molar-refractivity contribution is 9.10. The number of benzene rings is 1. The maximum Gasteiger partial charge on any atom is 0.156 e. The molecule has 0 radical (unpaired) electrons. The molecule has 0 saturated carbocycles. The van der Waals surface area contributed by atoms with E-state index in [1.54, 1.807) is 6.08 Å². The molecular formula is C13H13BrO. The summed E-state index contributed by atoms with van der Waals surface area (Å²) in [6.45, 7) is 2.13. The molecule has 0 spiro atoms. The zero-order valence-electron chi connectivity index (χ0n) is 8.66. The molecule has 2 heteroatoms. The van der Waals surface area contributed by atoms with Gasteiger partial charge in [0.1, 0.15) is 0 Å². The molecule has 0 N–H and O–H groups in total. The Morgan fingerprint density at radius 2 is 1.87 bits per heavy atom. The van der Waals surface area contributed by atoms with Crippen LogP contribution in [0.15, 0.2) is 34.8 Å². The fourth-order valence-corrected chi connectivity index (χ4v) is 2.23. The first-order valence-electron chi connectivity index (χ1n) is 5.14. The molecule has 0 aliphatic heterocycles. The molecule has 0 bridgehead atoms. The van der Waals surface area contributed by atoms with Gasteiger partial charge in [0.2, 0.25) is 0 Å². The lowest BCUT2D eigenvalue weighted by Crippen LogP contribution is -2.10. The van der Waals surface area contributed by atoms with Crippen molar-refractivity contribution in [3.63, 3.8) is 0 Å². The normalized spacial score (nSPS) is 21.3. The summed E-state index contributed by atoms with van der Waals surface area (Å²) < 4.78 is 1.07. The van der Waals surface area contributed by atoms with Crippen molar-refractivity contribution < 1.29 is 4.79 Å². The van der Waals surface area contributed by atoms with Crippen molar-refractivity contribution in [2.45, 2.75) is 19.8 Å². The van der Waals surface area contributed by atoms with Crippen molar-refractivity contribution in [2.24, 2.45) is 5.92 Å². The number of rotatable bonds is 1.